The van der Waals surface area contributed by atoms with Gasteiger partial charge in [-0.1, -0.05) is 20.8 Å². The van der Waals surface area contributed by atoms with Gasteiger partial charge in [-0.15, -0.1) is 12.4 Å². The minimum absolute atomic E-state index is 0. The van der Waals surface area contributed by atoms with Gasteiger partial charge in [-0.05, 0) is 31.2 Å². The van der Waals surface area contributed by atoms with Gasteiger partial charge in [0.25, 0.3) is 0 Å². The van der Waals surface area contributed by atoms with Crippen molar-refractivity contribution in [1.82, 2.24) is 10.6 Å². The van der Waals surface area contributed by atoms with E-state index in [2.05, 4.69) is 31.4 Å². The molecule has 1 amide bonds. The largest absolute Gasteiger partial charge is 0.377 e. The van der Waals surface area contributed by atoms with Crippen molar-refractivity contribution in [3.63, 3.8) is 0 Å². The molecule has 0 spiro atoms. The maximum Gasteiger partial charge on any atom is 0.224 e. The zero-order valence-corrected chi connectivity index (χ0v) is 13.7. The van der Waals surface area contributed by atoms with E-state index in [-0.39, 0.29) is 35.8 Å². The number of amides is 1. The molecule has 5 heteroatoms. The fourth-order valence-corrected chi connectivity index (χ4v) is 3.26. The number of nitrogens with one attached hydrogen (secondary N) is 2. The normalized spacial score (nSPS) is 30.6. The highest BCUT2D eigenvalue weighted by Gasteiger charge is 2.35. The zero-order chi connectivity index (χ0) is 13.9. The molecule has 2 rings (SSSR count). The van der Waals surface area contributed by atoms with E-state index in [1.54, 1.807) is 0 Å². The minimum atomic E-state index is 0. The fourth-order valence-electron chi connectivity index (χ4n) is 3.26. The van der Waals surface area contributed by atoms with Crippen LogP contribution < -0.4 is 10.6 Å². The van der Waals surface area contributed by atoms with Gasteiger partial charge in [0.1, 0.15) is 0 Å². The third-order valence-corrected chi connectivity index (χ3v) is 4.27. The fraction of sp³-hybridized carbons (Fsp3) is 0.933. The Labute approximate surface area is 128 Å². The van der Waals surface area contributed by atoms with E-state index in [0.29, 0.717) is 5.92 Å². The van der Waals surface area contributed by atoms with Gasteiger partial charge in [-0.2, -0.15) is 0 Å². The molecule has 2 fully saturated rings. The molecule has 0 saturated carbocycles. The van der Waals surface area contributed by atoms with E-state index < -0.39 is 0 Å². The van der Waals surface area contributed by atoms with Gasteiger partial charge in [0.2, 0.25) is 5.91 Å². The molecule has 0 aromatic rings. The summed E-state index contributed by atoms with van der Waals surface area (Å²) in [6.07, 6.45) is 3.49. The van der Waals surface area contributed by atoms with Crippen LogP contribution in [-0.4, -0.2) is 38.3 Å². The van der Waals surface area contributed by atoms with Gasteiger partial charge in [0.15, 0.2) is 0 Å². The van der Waals surface area contributed by atoms with E-state index in [1.165, 1.54) is 0 Å². The first-order valence-corrected chi connectivity index (χ1v) is 7.58. The van der Waals surface area contributed by atoms with Gasteiger partial charge >= 0.3 is 0 Å². The number of hydrogen-bond donors (Lipinski definition) is 2. The molecule has 3 unspecified atom stereocenters. The van der Waals surface area contributed by atoms with Crippen LogP contribution in [0.25, 0.3) is 0 Å². The van der Waals surface area contributed by atoms with Crippen LogP contribution in [0, 0.1) is 17.3 Å². The first-order valence-electron chi connectivity index (χ1n) is 7.58. The van der Waals surface area contributed by atoms with Gasteiger partial charge in [-0.3, -0.25) is 4.79 Å². The summed E-state index contributed by atoms with van der Waals surface area (Å²) in [4.78, 5) is 12.1. The Morgan fingerprint density at radius 2 is 2.10 bits per heavy atom. The molecule has 0 bridgehead atoms. The van der Waals surface area contributed by atoms with Gasteiger partial charge in [-0.25, -0.2) is 0 Å². The smallest absolute Gasteiger partial charge is 0.224 e. The summed E-state index contributed by atoms with van der Waals surface area (Å²) >= 11 is 0. The summed E-state index contributed by atoms with van der Waals surface area (Å²) in [5.41, 5.74) is 0.144. The quantitative estimate of drug-likeness (QED) is 0.838. The van der Waals surface area contributed by atoms with Crippen molar-refractivity contribution in [2.45, 2.75) is 46.1 Å². The van der Waals surface area contributed by atoms with E-state index in [4.69, 9.17) is 4.74 Å². The Kier molecular flexibility index (Phi) is 6.76. The first kappa shape index (κ1) is 17.7. The molecule has 2 heterocycles. The van der Waals surface area contributed by atoms with Gasteiger partial charge in [0.05, 0.1) is 12.0 Å². The molecule has 0 aromatic heterocycles. The van der Waals surface area contributed by atoms with Crippen molar-refractivity contribution >= 4 is 18.3 Å². The highest BCUT2D eigenvalue weighted by molar-refractivity contribution is 5.85. The van der Waals surface area contributed by atoms with E-state index in [0.717, 1.165) is 45.5 Å². The highest BCUT2D eigenvalue weighted by Crippen LogP contribution is 2.33. The average Bonchev–Trinajstić information content (AvgIpc) is 2.89. The predicted molar refractivity (Wildman–Crippen MR) is 83.2 cm³/mol. The summed E-state index contributed by atoms with van der Waals surface area (Å²) in [5.74, 6) is 0.827. The van der Waals surface area contributed by atoms with Crippen molar-refractivity contribution in [3.05, 3.63) is 0 Å². The molecule has 118 valence electrons. The van der Waals surface area contributed by atoms with Gasteiger partial charge in [0, 0.05) is 25.6 Å². The number of ether oxygens (including phenoxy) is 1. The summed E-state index contributed by atoms with van der Waals surface area (Å²) in [6.45, 7) is 10.1. The Morgan fingerprint density at radius 3 is 2.70 bits per heavy atom. The zero-order valence-electron chi connectivity index (χ0n) is 12.9. The third kappa shape index (κ3) is 4.61. The lowest BCUT2D eigenvalue weighted by Gasteiger charge is -2.40. The number of carbonyl (C=O) groups is 1. The van der Waals surface area contributed by atoms with E-state index >= 15 is 0 Å². The van der Waals surface area contributed by atoms with Gasteiger partial charge < -0.3 is 15.4 Å². The number of carbonyl (C=O) groups excluding carboxylic acids is 1. The molecule has 2 aliphatic heterocycles. The molecule has 3 atom stereocenters. The van der Waals surface area contributed by atoms with Crippen LogP contribution >= 0.6 is 12.4 Å². The lowest BCUT2D eigenvalue weighted by molar-refractivity contribution is -0.126. The minimum Gasteiger partial charge on any atom is -0.377 e. The Balaban J connectivity index is 0.00000200. The third-order valence-electron chi connectivity index (χ3n) is 4.27. The molecule has 2 saturated heterocycles. The van der Waals surface area contributed by atoms with Crippen molar-refractivity contribution < 1.29 is 9.53 Å². The molecule has 20 heavy (non-hydrogen) atoms. The van der Waals surface area contributed by atoms with Crippen LogP contribution in [0.3, 0.4) is 0 Å². The highest BCUT2D eigenvalue weighted by atomic mass is 35.5. The van der Waals surface area contributed by atoms with Crippen molar-refractivity contribution in [1.29, 1.82) is 0 Å². The Hall–Kier alpha value is -0.320. The van der Waals surface area contributed by atoms with Crippen LogP contribution in [0.5, 0.6) is 0 Å². The second kappa shape index (κ2) is 7.62. The number of halogens is 1. The standard InChI is InChI=1S/C15H28N2O2.ClH/c1-15(2,3)13-11(5-4-8-19-13)10-17-14(18)12-6-7-16-9-12;/h11-13,16H,4-10H2,1-3H3,(H,17,18);1H. The van der Waals surface area contributed by atoms with Crippen molar-refractivity contribution in [3.8, 4) is 0 Å². The van der Waals surface area contributed by atoms with E-state index in [9.17, 15) is 4.79 Å². The maximum atomic E-state index is 12.1. The number of rotatable bonds is 3. The SMILES string of the molecule is CC(C)(C)C1OCCCC1CNC(=O)C1CCNC1.Cl. The molecular weight excluding hydrogens is 276 g/mol. The van der Waals surface area contributed by atoms with Crippen LogP contribution in [0.4, 0.5) is 0 Å². The van der Waals surface area contributed by atoms with Crippen molar-refractivity contribution in [2.75, 3.05) is 26.2 Å². The van der Waals surface area contributed by atoms with Crippen LogP contribution in [0.2, 0.25) is 0 Å². The number of hydrogen-bond acceptors (Lipinski definition) is 3. The topological polar surface area (TPSA) is 50.4 Å². The molecular formula is C15H29ClN2O2. The average molecular weight is 305 g/mol. The molecule has 0 aliphatic carbocycles. The summed E-state index contributed by atoms with van der Waals surface area (Å²) in [5, 5.41) is 6.38. The monoisotopic (exact) mass is 304 g/mol. The summed E-state index contributed by atoms with van der Waals surface area (Å²) in [6, 6.07) is 0. The first-order chi connectivity index (χ1) is 8.98. The summed E-state index contributed by atoms with van der Waals surface area (Å²) < 4.78 is 5.95. The predicted octanol–water partition coefficient (Wildman–Crippen LogP) is 1.98. The maximum absolute atomic E-state index is 12.1. The molecule has 0 aromatic carbocycles. The second-order valence-corrected chi connectivity index (χ2v) is 6.99. The van der Waals surface area contributed by atoms with Crippen LogP contribution in [0.1, 0.15) is 40.0 Å². The molecule has 2 aliphatic rings. The Bertz CT molecular complexity index is 311. The second-order valence-electron chi connectivity index (χ2n) is 6.99. The molecule has 4 nitrogen and oxygen atoms in total. The summed E-state index contributed by atoms with van der Waals surface area (Å²) in [7, 11) is 0. The molecule has 0 radical (unpaired) electrons. The lowest BCUT2D eigenvalue weighted by Crippen LogP contribution is -2.46. The van der Waals surface area contributed by atoms with E-state index in [1.807, 2.05) is 0 Å². The Morgan fingerprint density at radius 1 is 1.35 bits per heavy atom. The van der Waals surface area contributed by atoms with Crippen molar-refractivity contribution in [2.24, 2.45) is 17.3 Å². The lowest BCUT2D eigenvalue weighted by atomic mass is 9.78. The molecule has 2 N–H and O–H groups in total. The van der Waals surface area contributed by atoms with Crippen LogP contribution in [0.15, 0.2) is 0 Å². The van der Waals surface area contributed by atoms with Crippen LogP contribution in [-0.2, 0) is 9.53 Å².